The molecule has 0 aliphatic carbocycles. The fourth-order valence-corrected chi connectivity index (χ4v) is 5.58. The minimum atomic E-state index is -5.99. The van der Waals surface area contributed by atoms with Crippen LogP contribution in [0.5, 0.6) is 5.75 Å². The van der Waals surface area contributed by atoms with E-state index < -0.39 is 33.1 Å². The van der Waals surface area contributed by atoms with Crippen molar-refractivity contribution in [1.29, 1.82) is 0 Å². The summed E-state index contributed by atoms with van der Waals surface area (Å²) >= 11 is 0. The monoisotopic (exact) mass is 586 g/mol. The molecule has 3 heterocycles. The third-order valence-corrected chi connectivity index (χ3v) is 7.92. The highest BCUT2D eigenvalue weighted by molar-refractivity contribution is 7.88. The molecule has 40 heavy (non-hydrogen) atoms. The molecule has 14 heteroatoms. The van der Waals surface area contributed by atoms with Crippen LogP contribution in [0.15, 0.2) is 24.5 Å². The topological polar surface area (TPSA) is 111 Å². The van der Waals surface area contributed by atoms with Crippen molar-refractivity contribution in [3.8, 4) is 16.9 Å². The molecule has 4 rings (SSSR count). The number of carbonyl (C=O) groups excluding carboxylic acids is 2. The zero-order valence-corrected chi connectivity index (χ0v) is 23.8. The Bertz CT molecular complexity index is 1390. The van der Waals surface area contributed by atoms with Gasteiger partial charge >= 0.3 is 21.7 Å². The second-order valence-electron chi connectivity index (χ2n) is 11.1. The number of alkyl halides is 3. The molecule has 220 valence electrons. The van der Waals surface area contributed by atoms with E-state index in [2.05, 4.69) is 5.10 Å². The summed E-state index contributed by atoms with van der Waals surface area (Å²) < 4.78 is 76.1. The van der Waals surface area contributed by atoms with E-state index in [-0.39, 0.29) is 35.5 Å². The highest BCUT2D eigenvalue weighted by Gasteiger charge is 2.49. The molecule has 1 aromatic heterocycles. The molecule has 10 nitrogen and oxygen atoms in total. The van der Waals surface area contributed by atoms with E-state index in [9.17, 15) is 31.2 Å². The zero-order chi connectivity index (χ0) is 29.6. The van der Waals surface area contributed by atoms with Crippen molar-refractivity contribution in [2.45, 2.75) is 83.5 Å². The van der Waals surface area contributed by atoms with Crippen molar-refractivity contribution in [3.63, 3.8) is 0 Å². The Morgan fingerprint density at radius 1 is 1.07 bits per heavy atom. The van der Waals surface area contributed by atoms with Crippen LogP contribution in [-0.2, 0) is 26.1 Å². The van der Waals surface area contributed by atoms with Gasteiger partial charge in [-0.15, -0.1) is 0 Å². The van der Waals surface area contributed by atoms with Crippen LogP contribution in [0.3, 0.4) is 0 Å². The number of fused-ring (bicyclic) bond motifs is 1. The average Bonchev–Trinajstić information content (AvgIpc) is 3.32. The van der Waals surface area contributed by atoms with Gasteiger partial charge in [-0.2, -0.15) is 26.7 Å². The Labute approximate surface area is 231 Å². The lowest BCUT2D eigenvalue weighted by molar-refractivity contribution is -0.117. The molecule has 1 fully saturated rings. The minimum Gasteiger partial charge on any atom is -0.444 e. The smallest absolute Gasteiger partial charge is 0.444 e. The molecule has 2 aliphatic rings. The number of nitrogens with zero attached hydrogens (tertiary/aromatic N) is 4. The van der Waals surface area contributed by atoms with Gasteiger partial charge in [0.1, 0.15) is 5.60 Å². The maximum absolute atomic E-state index is 13.3. The van der Waals surface area contributed by atoms with Crippen molar-refractivity contribution in [3.05, 3.63) is 30.1 Å². The molecule has 1 atom stereocenters. The number of carbonyl (C=O) groups is 2. The predicted octanol–water partition coefficient (Wildman–Crippen LogP) is 5.04. The number of likely N-dealkylation sites (tertiary alicyclic amines) is 1. The number of piperidine rings is 1. The first-order chi connectivity index (χ1) is 18.5. The van der Waals surface area contributed by atoms with Gasteiger partial charge in [0, 0.05) is 48.9 Å². The highest BCUT2D eigenvalue weighted by atomic mass is 32.2. The van der Waals surface area contributed by atoms with Gasteiger partial charge in [-0.1, -0.05) is 0 Å². The van der Waals surface area contributed by atoms with Crippen LogP contribution < -0.4 is 9.08 Å². The maximum Gasteiger partial charge on any atom is 0.534 e. The molecule has 0 N–H and O–H groups in total. The van der Waals surface area contributed by atoms with Crippen molar-refractivity contribution < 1.29 is 40.1 Å². The molecule has 0 saturated carbocycles. The van der Waals surface area contributed by atoms with E-state index >= 15 is 0 Å². The minimum absolute atomic E-state index is 0.0950. The van der Waals surface area contributed by atoms with E-state index in [1.165, 1.54) is 24.1 Å². The number of halogens is 3. The number of hydrogen-bond donors (Lipinski definition) is 0. The molecule has 1 aromatic carbocycles. The summed E-state index contributed by atoms with van der Waals surface area (Å²) in [6, 6.07) is 2.71. The van der Waals surface area contributed by atoms with E-state index in [1.807, 2.05) is 6.92 Å². The number of benzene rings is 1. The number of aromatic nitrogens is 2. The van der Waals surface area contributed by atoms with Crippen LogP contribution in [-0.4, -0.2) is 65.3 Å². The quantitative estimate of drug-likeness (QED) is 0.365. The van der Waals surface area contributed by atoms with Crippen molar-refractivity contribution in [1.82, 2.24) is 14.7 Å². The summed E-state index contributed by atoms with van der Waals surface area (Å²) in [5.74, 6) is -0.788. The fraction of sp³-hybridized carbons (Fsp3) is 0.577. The van der Waals surface area contributed by atoms with Crippen LogP contribution in [0.2, 0.25) is 0 Å². The molecule has 0 bridgehead atoms. The number of ether oxygens (including phenoxy) is 1. The Kier molecular flexibility index (Phi) is 7.87. The van der Waals surface area contributed by atoms with Gasteiger partial charge in [-0.25, -0.2) is 4.79 Å². The molecule has 0 spiro atoms. The van der Waals surface area contributed by atoms with E-state index in [0.717, 1.165) is 0 Å². The molecular weight excluding hydrogens is 553 g/mol. The SMILES string of the molecule is CC(=O)N1c2ccc(-c3cnn(C4CCN(C(=O)OC(C)(C)C)CC4)c3)c(OS(=O)(=O)C(F)(F)F)c2CCC1C. The first-order valence-corrected chi connectivity index (χ1v) is 14.4. The van der Waals surface area contributed by atoms with E-state index in [0.29, 0.717) is 43.6 Å². The van der Waals surface area contributed by atoms with Crippen molar-refractivity contribution in [2.75, 3.05) is 18.0 Å². The number of anilines is 1. The molecule has 0 radical (unpaired) electrons. The lowest BCUT2D eigenvalue weighted by Crippen LogP contribution is -2.42. The molecule has 2 amide bonds. The Hall–Kier alpha value is -3.29. The second-order valence-corrected chi connectivity index (χ2v) is 12.6. The molecule has 2 aromatic rings. The standard InChI is InChI=1S/C26H33F3N4O6S/c1-16-6-7-21-22(33(16)17(2)34)9-8-20(23(21)39-40(36,37)26(27,28)29)18-14-30-32(15-18)19-10-12-31(13-11-19)24(35)38-25(3,4)5/h8-9,14-16,19H,6-7,10-13H2,1-5H3. The highest BCUT2D eigenvalue weighted by Crippen LogP contribution is 2.45. The summed E-state index contributed by atoms with van der Waals surface area (Å²) in [7, 11) is -5.99. The van der Waals surface area contributed by atoms with Crippen LogP contribution >= 0.6 is 0 Å². The Morgan fingerprint density at radius 2 is 1.73 bits per heavy atom. The summed E-state index contributed by atoms with van der Waals surface area (Å²) in [5.41, 5.74) is -5.26. The third kappa shape index (κ3) is 6.06. The normalized spacial score (nSPS) is 18.9. The maximum atomic E-state index is 13.3. The van der Waals surface area contributed by atoms with Gasteiger partial charge in [0.05, 0.1) is 17.9 Å². The zero-order valence-electron chi connectivity index (χ0n) is 23.0. The van der Waals surface area contributed by atoms with Crippen LogP contribution in [0.4, 0.5) is 23.7 Å². The van der Waals surface area contributed by atoms with E-state index in [1.54, 1.807) is 42.6 Å². The average molecular weight is 587 g/mol. The summed E-state index contributed by atoms with van der Waals surface area (Å²) in [6.45, 7) is 9.39. The number of rotatable bonds is 4. The van der Waals surface area contributed by atoms with Gasteiger partial charge in [-0.05, 0) is 65.5 Å². The van der Waals surface area contributed by atoms with Gasteiger partial charge in [0.2, 0.25) is 5.91 Å². The predicted molar refractivity (Wildman–Crippen MR) is 140 cm³/mol. The number of hydrogen-bond acceptors (Lipinski definition) is 7. The van der Waals surface area contributed by atoms with Crippen LogP contribution in [0.25, 0.3) is 11.1 Å². The summed E-state index contributed by atoms with van der Waals surface area (Å²) in [5, 5.41) is 4.39. The first-order valence-electron chi connectivity index (χ1n) is 13.0. The molecule has 1 unspecified atom stereocenters. The van der Waals surface area contributed by atoms with E-state index in [4.69, 9.17) is 8.92 Å². The molecule has 2 aliphatic heterocycles. The Balaban J connectivity index is 1.66. The molecular formula is C26H33F3N4O6S. The summed E-state index contributed by atoms with van der Waals surface area (Å²) in [4.78, 5) is 27.8. The van der Waals surface area contributed by atoms with Gasteiger partial charge in [-0.3, -0.25) is 9.48 Å². The van der Waals surface area contributed by atoms with Crippen molar-refractivity contribution >= 4 is 27.8 Å². The molecule has 1 saturated heterocycles. The van der Waals surface area contributed by atoms with Gasteiger partial charge in [0.15, 0.2) is 5.75 Å². The van der Waals surface area contributed by atoms with Gasteiger partial charge in [0.25, 0.3) is 0 Å². The van der Waals surface area contributed by atoms with Gasteiger partial charge < -0.3 is 18.7 Å². The summed E-state index contributed by atoms with van der Waals surface area (Å²) in [6.07, 6.45) is 4.42. The third-order valence-electron chi connectivity index (χ3n) is 6.97. The lowest BCUT2D eigenvalue weighted by atomic mass is 9.92. The fourth-order valence-electron chi connectivity index (χ4n) is 5.08. The largest absolute Gasteiger partial charge is 0.534 e. The van der Waals surface area contributed by atoms with Crippen LogP contribution in [0, 0.1) is 0 Å². The number of amides is 2. The lowest BCUT2D eigenvalue weighted by Gasteiger charge is -2.35. The van der Waals surface area contributed by atoms with Crippen molar-refractivity contribution in [2.24, 2.45) is 0 Å². The second kappa shape index (κ2) is 10.6. The Morgan fingerprint density at radius 3 is 2.30 bits per heavy atom. The van der Waals surface area contributed by atoms with Crippen LogP contribution in [0.1, 0.15) is 65.5 Å². The first kappa shape index (κ1) is 29.7.